The van der Waals surface area contributed by atoms with Crippen molar-refractivity contribution < 1.29 is 4.79 Å². The smallest absolute Gasteiger partial charge is 0.253 e. The molecule has 5 heteroatoms. The third-order valence-corrected chi connectivity index (χ3v) is 4.10. The lowest BCUT2D eigenvalue weighted by molar-refractivity contribution is 0.0827. The summed E-state index contributed by atoms with van der Waals surface area (Å²) in [4.78, 5) is 14.8. The third-order valence-electron chi connectivity index (χ3n) is 3.05. The number of nitrogens with zero attached hydrogens (tertiary/aromatic N) is 1. The van der Waals surface area contributed by atoms with Gasteiger partial charge < -0.3 is 16.0 Å². The van der Waals surface area contributed by atoms with E-state index in [-0.39, 0.29) is 11.9 Å². The fourth-order valence-corrected chi connectivity index (χ4v) is 2.65. The van der Waals surface area contributed by atoms with Crippen LogP contribution in [0.25, 0.3) is 0 Å². The summed E-state index contributed by atoms with van der Waals surface area (Å²) in [6.07, 6.45) is 0. The molecule has 0 aliphatic heterocycles. The van der Waals surface area contributed by atoms with Crippen LogP contribution in [0.4, 0.5) is 11.4 Å². The molecule has 1 atom stereocenters. The fraction of sp³-hybridized carbons (Fsp3) is 0.267. The van der Waals surface area contributed by atoms with E-state index in [9.17, 15) is 4.79 Å². The van der Waals surface area contributed by atoms with Crippen molar-refractivity contribution in [1.82, 2.24) is 4.90 Å². The van der Waals surface area contributed by atoms with Crippen molar-refractivity contribution >= 4 is 28.6 Å². The van der Waals surface area contributed by atoms with Gasteiger partial charge >= 0.3 is 0 Å². The van der Waals surface area contributed by atoms with Crippen LogP contribution >= 0.6 is 11.3 Å². The summed E-state index contributed by atoms with van der Waals surface area (Å²) in [5.74, 6) is -0.0307. The van der Waals surface area contributed by atoms with Crippen molar-refractivity contribution in [3.05, 3.63) is 46.2 Å². The van der Waals surface area contributed by atoms with E-state index < -0.39 is 0 Å². The van der Waals surface area contributed by atoms with Gasteiger partial charge in [-0.15, -0.1) is 11.3 Å². The van der Waals surface area contributed by atoms with Gasteiger partial charge in [-0.05, 0) is 36.6 Å². The van der Waals surface area contributed by atoms with Gasteiger partial charge in [0.05, 0.1) is 17.4 Å². The lowest BCUT2D eigenvalue weighted by atomic mass is 10.1. The second kappa shape index (κ2) is 5.96. The molecule has 1 aromatic carbocycles. The molecule has 2 rings (SSSR count). The average Bonchev–Trinajstić information content (AvgIpc) is 2.94. The van der Waals surface area contributed by atoms with Gasteiger partial charge in [-0.1, -0.05) is 6.07 Å². The van der Waals surface area contributed by atoms with Crippen LogP contribution in [-0.2, 0) is 0 Å². The first-order valence-corrected chi connectivity index (χ1v) is 7.28. The maximum absolute atomic E-state index is 12.0. The maximum atomic E-state index is 12.0. The highest BCUT2D eigenvalue weighted by atomic mass is 32.1. The van der Waals surface area contributed by atoms with Gasteiger partial charge in [-0.25, -0.2) is 0 Å². The molecule has 1 unspecified atom stereocenters. The minimum atomic E-state index is -0.0307. The Morgan fingerprint density at radius 1 is 1.35 bits per heavy atom. The molecule has 0 fully saturated rings. The summed E-state index contributed by atoms with van der Waals surface area (Å²) in [7, 11) is 3.47. The molecule has 0 saturated carbocycles. The molecule has 0 radical (unpaired) electrons. The lowest BCUT2D eigenvalue weighted by Gasteiger charge is -2.17. The first-order chi connectivity index (χ1) is 9.49. The first kappa shape index (κ1) is 14.4. The number of hydrogen-bond acceptors (Lipinski definition) is 4. The van der Waals surface area contributed by atoms with Crippen LogP contribution in [0.15, 0.2) is 35.7 Å². The molecule has 0 spiro atoms. The zero-order valence-electron chi connectivity index (χ0n) is 11.9. The SMILES string of the molecule is CC(Nc1cc(C(=O)N(C)C)ccc1N)c1cccs1. The van der Waals surface area contributed by atoms with Crippen LogP contribution in [0, 0.1) is 0 Å². The molecular weight excluding hydrogens is 270 g/mol. The van der Waals surface area contributed by atoms with Gasteiger partial charge in [0, 0.05) is 24.5 Å². The summed E-state index contributed by atoms with van der Waals surface area (Å²) < 4.78 is 0. The zero-order chi connectivity index (χ0) is 14.7. The maximum Gasteiger partial charge on any atom is 0.253 e. The van der Waals surface area contributed by atoms with E-state index >= 15 is 0 Å². The second-order valence-corrected chi connectivity index (χ2v) is 5.86. The van der Waals surface area contributed by atoms with Crippen LogP contribution in [0.2, 0.25) is 0 Å². The number of hydrogen-bond donors (Lipinski definition) is 2. The molecule has 3 N–H and O–H groups in total. The van der Waals surface area contributed by atoms with E-state index in [1.165, 1.54) is 4.88 Å². The molecule has 2 aromatic rings. The van der Waals surface area contributed by atoms with Crippen LogP contribution in [0.5, 0.6) is 0 Å². The van der Waals surface area contributed by atoms with Crippen molar-refractivity contribution in [2.75, 3.05) is 25.1 Å². The standard InChI is InChI=1S/C15H19N3OS/c1-10(14-5-4-8-20-14)17-13-9-11(6-7-12(13)16)15(19)18(2)3/h4-10,17H,16H2,1-3H3. The van der Waals surface area contributed by atoms with Crippen LogP contribution in [0.3, 0.4) is 0 Å². The Morgan fingerprint density at radius 3 is 2.70 bits per heavy atom. The molecule has 1 aromatic heterocycles. The number of nitrogens with one attached hydrogen (secondary N) is 1. The molecule has 1 amide bonds. The second-order valence-electron chi connectivity index (χ2n) is 4.88. The van der Waals surface area contributed by atoms with E-state index in [0.717, 1.165) is 5.69 Å². The van der Waals surface area contributed by atoms with E-state index in [1.54, 1.807) is 42.5 Å². The van der Waals surface area contributed by atoms with Gasteiger partial charge in [0.25, 0.3) is 5.91 Å². The number of rotatable bonds is 4. The van der Waals surface area contributed by atoms with Crippen molar-refractivity contribution in [3.63, 3.8) is 0 Å². The fourth-order valence-electron chi connectivity index (χ4n) is 1.91. The highest BCUT2D eigenvalue weighted by molar-refractivity contribution is 7.10. The summed E-state index contributed by atoms with van der Waals surface area (Å²) in [6.45, 7) is 2.08. The summed E-state index contributed by atoms with van der Waals surface area (Å²) in [5, 5.41) is 5.41. The Labute approximate surface area is 123 Å². The summed E-state index contributed by atoms with van der Waals surface area (Å²) in [6, 6.07) is 9.57. The summed E-state index contributed by atoms with van der Waals surface area (Å²) in [5.41, 5.74) is 8.05. The molecule has 0 aliphatic carbocycles. The largest absolute Gasteiger partial charge is 0.397 e. The number of thiophene rings is 1. The predicted octanol–water partition coefficient (Wildman–Crippen LogP) is 3.21. The van der Waals surface area contributed by atoms with Crippen LogP contribution in [-0.4, -0.2) is 24.9 Å². The quantitative estimate of drug-likeness (QED) is 0.850. The zero-order valence-corrected chi connectivity index (χ0v) is 12.7. The molecule has 4 nitrogen and oxygen atoms in total. The van der Waals surface area contributed by atoms with Crippen LogP contribution in [0.1, 0.15) is 28.2 Å². The molecule has 0 aliphatic rings. The highest BCUT2D eigenvalue weighted by Gasteiger charge is 2.12. The number of carbonyl (C=O) groups is 1. The molecule has 1 heterocycles. The normalized spacial score (nSPS) is 11.9. The number of anilines is 2. The Bertz CT molecular complexity index is 593. The van der Waals surface area contributed by atoms with Crippen molar-refractivity contribution in [2.24, 2.45) is 0 Å². The van der Waals surface area contributed by atoms with Crippen molar-refractivity contribution in [3.8, 4) is 0 Å². The van der Waals surface area contributed by atoms with Gasteiger partial charge in [0.1, 0.15) is 0 Å². The molecule has 0 saturated heterocycles. The molecule has 106 valence electrons. The van der Waals surface area contributed by atoms with Crippen molar-refractivity contribution in [1.29, 1.82) is 0 Å². The Hall–Kier alpha value is -2.01. The van der Waals surface area contributed by atoms with E-state index in [0.29, 0.717) is 11.3 Å². The Morgan fingerprint density at radius 2 is 2.10 bits per heavy atom. The van der Waals surface area contributed by atoms with Gasteiger partial charge in [-0.3, -0.25) is 4.79 Å². The van der Waals surface area contributed by atoms with Crippen molar-refractivity contribution in [2.45, 2.75) is 13.0 Å². The number of nitrogens with two attached hydrogens (primary N) is 1. The minimum absolute atomic E-state index is 0.0307. The highest BCUT2D eigenvalue weighted by Crippen LogP contribution is 2.27. The monoisotopic (exact) mass is 289 g/mol. The van der Waals surface area contributed by atoms with Gasteiger partial charge in [0.15, 0.2) is 0 Å². The molecular formula is C15H19N3OS. The van der Waals surface area contributed by atoms with E-state index in [1.807, 2.05) is 17.5 Å². The number of nitrogen functional groups attached to an aromatic ring is 1. The predicted molar refractivity (Wildman–Crippen MR) is 85.2 cm³/mol. The minimum Gasteiger partial charge on any atom is -0.397 e. The number of benzene rings is 1. The molecule has 20 heavy (non-hydrogen) atoms. The van der Waals surface area contributed by atoms with Gasteiger partial charge in [-0.2, -0.15) is 0 Å². The van der Waals surface area contributed by atoms with Gasteiger partial charge in [0.2, 0.25) is 0 Å². The third kappa shape index (κ3) is 3.11. The summed E-state index contributed by atoms with van der Waals surface area (Å²) >= 11 is 1.69. The Kier molecular flexibility index (Phi) is 4.29. The average molecular weight is 289 g/mol. The van der Waals surface area contributed by atoms with Crippen LogP contribution < -0.4 is 11.1 Å². The first-order valence-electron chi connectivity index (χ1n) is 6.40. The topological polar surface area (TPSA) is 58.4 Å². The number of amides is 1. The van der Waals surface area contributed by atoms with E-state index in [2.05, 4.69) is 18.3 Å². The Balaban J connectivity index is 2.23. The van der Waals surface area contributed by atoms with E-state index in [4.69, 9.17) is 5.73 Å². The molecule has 0 bridgehead atoms. The number of carbonyl (C=O) groups excluding carboxylic acids is 1. The lowest BCUT2D eigenvalue weighted by Crippen LogP contribution is -2.22.